The van der Waals surface area contributed by atoms with Gasteiger partial charge in [0.2, 0.25) is 0 Å². The van der Waals surface area contributed by atoms with Crippen LogP contribution in [0.5, 0.6) is 0 Å². The van der Waals surface area contributed by atoms with Crippen molar-refractivity contribution < 1.29 is 9.59 Å². The molecule has 0 aliphatic rings. The molecule has 0 bridgehead atoms. The molecule has 0 aliphatic heterocycles. The minimum atomic E-state index is -0.269. The highest BCUT2D eigenvalue weighted by Gasteiger charge is 2.19. The fraction of sp³-hybridized carbons (Fsp3) is 0.429. The standard InChI is InChI=1S/C21H27N5O2S/c1-14(2)10-23-20(27)18-13-29-19(25-18)12-26(11-15(3)4)21(28)24-17-7-5-6-16(8-17)9-22/h5-8,13-15H,10-12H2,1-4H3,(H,23,27)(H,24,28). The van der Waals surface area contributed by atoms with Crippen molar-refractivity contribution in [2.24, 2.45) is 11.8 Å². The first-order valence-electron chi connectivity index (χ1n) is 9.57. The molecule has 0 saturated heterocycles. The van der Waals surface area contributed by atoms with Crippen LogP contribution in [0.4, 0.5) is 10.5 Å². The Morgan fingerprint density at radius 2 is 2.00 bits per heavy atom. The van der Waals surface area contributed by atoms with Crippen molar-refractivity contribution in [3.8, 4) is 6.07 Å². The Morgan fingerprint density at radius 1 is 1.24 bits per heavy atom. The van der Waals surface area contributed by atoms with Gasteiger partial charge in [0.15, 0.2) is 0 Å². The van der Waals surface area contributed by atoms with Crippen LogP contribution >= 0.6 is 11.3 Å². The van der Waals surface area contributed by atoms with Crippen LogP contribution in [0.25, 0.3) is 0 Å². The van der Waals surface area contributed by atoms with Crippen molar-refractivity contribution in [1.82, 2.24) is 15.2 Å². The number of urea groups is 1. The maximum atomic E-state index is 12.8. The summed E-state index contributed by atoms with van der Waals surface area (Å²) in [5, 5.41) is 17.1. The third-order valence-corrected chi connectivity index (χ3v) is 4.73. The molecule has 0 fully saturated rings. The smallest absolute Gasteiger partial charge is 0.322 e. The predicted molar refractivity (Wildman–Crippen MR) is 115 cm³/mol. The average molecular weight is 414 g/mol. The maximum Gasteiger partial charge on any atom is 0.322 e. The quantitative estimate of drug-likeness (QED) is 0.681. The molecule has 0 radical (unpaired) electrons. The summed E-state index contributed by atoms with van der Waals surface area (Å²) in [6, 6.07) is 8.58. The summed E-state index contributed by atoms with van der Waals surface area (Å²) in [4.78, 5) is 31.0. The van der Waals surface area contributed by atoms with Crippen molar-refractivity contribution in [2.75, 3.05) is 18.4 Å². The lowest BCUT2D eigenvalue weighted by Gasteiger charge is -2.24. The maximum absolute atomic E-state index is 12.8. The largest absolute Gasteiger partial charge is 0.350 e. The van der Waals surface area contributed by atoms with Crippen LogP contribution < -0.4 is 10.6 Å². The van der Waals surface area contributed by atoms with Gasteiger partial charge in [-0.05, 0) is 30.0 Å². The Labute approximate surface area is 175 Å². The summed E-state index contributed by atoms with van der Waals surface area (Å²) < 4.78 is 0. The average Bonchev–Trinajstić information content (AvgIpc) is 3.14. The highest BCUT2D eigenvalue weighted by molar-refractivity contribution is 7.09. The molecule has 1 heterocycles. The number of anilines is 1. The zero-order chi connectivity index (χ0) is 21.4. The lowest BCUT2D eigenvalue weighted by atomic mass is 10.2. The molecule has 2 aromatic rings. The van der Waals surface area contributed by atoms with E-state index in [0.29, 0.717) is 47.5 Å². The van der Waals surface area contributed by atoms with Gasteiger partial charge in [0.05, 0.1) is 18.2 Å². The molecule has 0 spiro atoms. The number of aromatic nitrogens is 1. The summed E-state index contributed by atoms with van der Waals surface area (Å²) in [6.07, 6.45) is 0. The molecule has 2 N–H and O–H groups in total. The molecule has 0 saturated carbocycles. The first-order chi connectivity index (χ1) is 13.8. The minimum absolute atomic E-state index is 0.200. The molecule has 8 heteroatoms. The van der Waals surface area contributed by atoms with Crippen LogP contribution in [-0.4, -0.2) is 34.9 Å². The van der Waals surface area contributed by atoms with Crippen molar-refractivity contribution >= 4 is 29.0 Å². The molecule has 1 aromatic heterocycles. The van der Waals surface area contributed by atoms with Crippen LogP contribution in [0, 0.1) is 23.2 Å². The number of hydrogen-bond acceptors (Lipinski definition) is 5. The number of amides is 3. The number of benzene rings is 1. The zero-order valence-corrected chi connectivity index (χ0v) is 18.0. The van der Waals surface area contributed by atoms with E-state index in [-0.39, 0.29) is 17.9 Å². The van der Waals surface area contributed by atoms with Crippen LogP contribution in [0.3, 0.4) is 0 Å². The van der Waals surface area contributed by atoms with Crippen LogP contribution in [0.2, 0.25) is 0 Å². The van der Waals surface area contributed by atoms with E-state index in [1.807, 2.05) is 27.7 Å². The van der Waals surface area contributed by atoms with Gasteiger partial charge >= 0.3 is 6.03 Å². The van der Waals surface area contributed by atoms with Crippen LogP contribution in [-0.2, 0) is 6.54 Å². The summed E-state index contributed by atoms with van der Waals surface area (Å²) in [7, 11) is 0. The molecule has 2 rings (SSSR count). The third kappa shape index (κ3) is 7.20. The summed E-state index contributed by atoms with van der Waals surface area (Å²) in [5.41, 5.74) is 1.42. The number of nitrogens with one attached hydrogen (secondary N) is 2. The minimum Gasteiger partial charge on any atom is -0.350 e. The molecule has 29 heavy (non-hydrogen) atoms. The Hall–Kier alpha value is -2.92. The van der Waals surface area contributed by atoms with Gasteiger partial charge in [-0.25, -0.2) is 9.78 Å². The van der Waals surface area contributed by atoms with Gasteiger partial charge in [-0.3, -0.25) is 4.79 Å². The van der Waals surface area contributed by atoms with Crippen molar-refractivity contribution in [3.63, 3.8) is 0 Å². The third-order valence-electron chi connectivity index (χ3n) is 3.90. The lowest BCUT2D eigenvalue weighted by Crippen LogP contribution is -2.37. The molecule has 0 unspecified atom stereocenters. The molecule has 0 atom stereocenters. The van der Waals surface area contributed by atoms with Crippen LogP contribution in [0.15, 0.2) is 29.6 Å². The van der Waals surface area contributed by atoms with E-state index < -0.39 is 0 Å². The fourth-order valence-corrected chi connectivity index (χ4v) is 3.36. The summed E-state index contributed by atoms with van der Waals surface area (Å²) >= 11 is 1.36. The van der Waals surface area contributed by atoms with E-state index in [1.54, 1.807) is 34.5 Å². The Morgan fingerprint density at radius 3 is 2.66 bits per heavy atom. The molecule has 1 aromatic carbocycles. The van der Waals surface area contributed by atoms with E-state index in [1.165, 1.54) is 11.3 Å². The molecular weight excluding hydrogens is 386 g/mol. The normalized spacial score (nSPS) is 10.7. The van der Waals surface area contributed by atoms with Crippen molar-refractivity contribution in [1.29, 1.82) is 5.26 Å². The lowest BCUT2D eigenvalue weighted by molar-refractivity contribution is 0.0944. The fourth-order valence-electron chi connectivity index (χ4n) is 2.57. The van der Waals surface area contributed by atoms with Crippen molar-refractivity contribution in [2.45, 2.75) is 34.2 Å². The number of hydrogen-bond donors (Lipinski definition) is 2. The van der Waals surface area contributed by atoms with E-state index in [0.717, 1.165) is 0 Å². The highest BCUT2D eigenvalue weighted by Crippen LogP contribution is 2.16. The Balaban J connectivity index is 2.07. The van der Waals surface area contributed by atoms with Gasteiger partial charge in [0, 0.05) is 24.2 Å². The SMILES string of the molecule is CC(C)CNC(=O)c1csc(CN(CC(C)C)C(=O)Nc2cccc(C#N)c2)n1. The number of nitrogens with zero attached hydrogens (tertiary/aromatic N) is 3. The highest BCUT2D eigenvalue weighted by atomic mass is 32.1. The van der Waals surface area contributed by atoms with Crippen molar-refractivity contribution in [3.05, 3.63) is 45.9 Å². The first-order valence-corrected chi connectivity index (χ1v) is 10.4. The molecular formula is C21H27N5O2S. The summed E-state index contributed by atoms with van der Waals surface area (Å²) in [5.74, 6) is 0.427. The molecule has 3 amide bonds. The number of nitriles is 1. The van der Waals surface area contributed by atoms with Gasteiger partial charge in [-0.1, -0.05) is 33.8 Å². The second-order valence-electron chi connectivity index (χ2n) is 7.63. The van der Waals surface area contributed by atoms with Gasteiger partial charge in [-0.2, -0.15) is 5.26 Å². The molecule has 0 aliphatic carbocycles. The van der Waals surface area contributed by atoms with Gasteiger partial charge < -0.3 is 15.5 Å². The molecule has 7 nitrogen and oxygen atoms in total. The van der Waals surface area contributed by atoms with Gasteiger partial charge in [-0.15, -0.1) is 11.3 Å². The number of rotatable bonds is 8. The first kappa shape index (κ1) is 22.4. The second-order valence-corrected chi connectivity index (χ2v) is 8.57. The van der Waals surface area contributed by atoms with Gasteiger partial charge in [0.1, 0.15) is 10.7 Å². The van der Waals surface area contributed by atoms with E-state index in [2.05, 4.69) is 21.7 Å². The second kappa shape index (κ2) is 10.6. The summed E-state index contributed by atoms with van der Waals surface area (Å²) in [6.45, 7) is 9.56. The zero-order valence-electron chi connectivity index (χ0n) is 17.2. The van der Waals surface area contributed by atoms with Crippen LogP contribution in [0.1, 0.15) is 48.8 Å². The van der Waals surface area contributed by atoms with Gasteiger partial charge in [0.25, 0.3) is 5.91 Å². The van der Waals surface area contributed by atoms with E-state index in [9.17, 15) is 9.59 Å². The number of thiazole rings is 1. The molecule has 154 valence electrons. The van der Waals surface area contributed by atoms with E-state index in [4.69, 9.17) is 5.26 Å². The Bertz CT molecular complexity index is 885. The van der Waals surface area contributed by atoms with E-state index >= 15 is 0 Å². The topological polar surface area (TPSA) is 98.1 Å². The number of carbonyl (C=O) groups is 2. The predicted octanol–water partition coefficient (Wildman–Crippen LogP) is 4.09. The Kier molecular flexibility index (Phi) is 8.16. The monoisotopic (exact) mass is 413 g/mol. The number of carbonyl (C=O) groups excluding carboxylic acids is 2.